The van der Waals surface area contributed by atoms with E-state index in [-0.39, 0.29) is 10.8 Å². The maximum atomic E-state index is 13.3. The van der Waals surface area contributed by atoms with Gasteiger partial charge in [0.25, 0.3) is 5.91 Å². The molecule has 1 aliphatic heterocycles. The third kappa shape index (κ3) is 4.53. The number of carbonyl (C=O) groups is 1. The number of anilines is 1. The summed E-state index contributed by atoms with van der Waals surface area (Å²) < 4.78 is 32.5. The average molecular weight is 486 g/mol. The van der Waals surface area contributed by atoms with Crippen LogP contribution >= 0.6 is 11.3 Å². The highest BCUT2D eigenvalue weighted by molar-refractivity contribution is 7.89. The number of fused-ring (bicyclic) bond motifs is 1. The van der Waals surface area contributed by atoms with Crippen molar-refractivity contribution in [3.8, 4) is 16.3 Å². The number of hydrogen-bond acceptors (Lipinski definition) is 6. The number of methoxy groups -OCH3 is 1. The molecule has 0 radical (unpaired) electrons. The van der Waals surface area contributed by atoms with Crippen molar-refractivity contribution in [2.75, 3.05) is 31.6 Å². The Labute approximate surface area is 198 Å². The highest BCUT2D eigenvalue weighted by Crippen LogP contribution is 2.32. The van der Waals surface area contributed by atoms with Crippen molar-refractivity contribution in [3.63, 3.8) is 0 Å². The van der Waals surface area contributed by atoms with Gasteiger partial charge in [-0.1, -0.05) is 13.8 Å². The lowest BCUT2D eigenvalue weighted by molar-refractivity contribution is 0.0981. The first-order valence-electron chi connectivity index (χ1n) is 10.9. The summed E-state index contributed by atoms with van der Waals surface area (Å²) in [6.45, 7) is 5.06. The monoisotopic (exact) mass is 485 g/mol. The molecule has 174 valence electrons. The van der Waals surface area contributed by atoms with Gasteiger partial charge in [0.15, 0.2) is 0 Å². The summed E-state index contributed by atoms with van der Waals surface area (Å²) in [4.78, 5) is 19.9. The summed E-state index contributed by atoms with van der Waals surface area (Å²) in [5.41, 5.74) is 2.93. The van der Waals surface area contributed by atoms with E-state index in [1.54, 1.807) is 35.6 Å². The van der Waals surface area contributed by atoms with Crippen molar-refractivity contribution in [3.05, 3.63) is 59.1 Å². The Morgan fingerprint density at radius 2 is 1.88 bits per heavy atom. The fraction of sp³-hybridized carbons (Fsp3) is 0.333. The van der Waals surface area contributed by atoms with Gasteiger partial charge in [-0.2, -0.15) is 4.31 Å². The predicted molar refractivity (Wildman–Crippen MR) is 131 cm³/mol. The van der Waals surface area contributed by atoms with E-state index in [0.29, 0.717) is 25.3 Å². The van der Waals surface area contributed by atoms with Gasteiger partial charge in [0.2, 0.25) is 10.0 Å². The standard InChI is InChI=1S/C24H27N3O4S2/c1-4-26(5-2)33(29,30)20-12-13-22-18(15-20)7-6-14-27(22)24(28)21-16-32-23(25-21)17-8-10-19(31-3)11-9-17/h8-13,15-16H,4-7,14H2,1-3H3. The van der Waals surface area contributed by atoms with E-state index in [1.165, 1.54) is 15.6 Å². The van der Waals surface area contributed by atoms with Crippen LogP contribution in [0.2, 0.25) is 0 Å². The van der Waals surface area contributed by atoms with E-state index >= 15 is 0 Å². The van der Waals surface area contributed by atoms with Crippen molar-refractivity contribution in [2.24, 2.45) is 0 Å². The maximum Gasteiger partial charge on any atom is 0.277 e. The lowest BCUT2D eigenvalue weighted by atomic mass is 10.0. The summed E-state index contributed by atoms with van der Waals surface area (Å²) in [5, 5.41) is 2.54. The van der Waals surface area contributed by atoms with Crippen LogP contribution in [-0.4, -0.2) is 50.4 Å². The van der Waals surface area contributed by atoms with Gasteiger partial charge < -0.3 is 9.64 Å². The highest BCUT2D eigenvalue weighted by Gasteiger charge is 2.28. The molecule has 0 atom stereocenters. The number of ether oxygens (including phenoxy) is 1. The summed E-state index contributed by atoms with van der Waals surface area (Å²) in [5.74, 6) is 0.588. The molecule has 3 aromatic rings. The number of carbonyl (C=O) groups excluding carboxylic acids is 1. The van der Waals surface area contributed by atoms with E-state index in [2.05, 4.69) is 4.98 Å². The van der Waals surface area contributed by atoms with Crippen LogP contribution in [0.15, 0.2) is 52.7 Å². The molecule has 33 heavy (non-hydrogen) atoms. The minimum atomic E-state index is -3.55. The average Bonchev–Trinajstić information content (AvgIpc) is 3.34. The summed E-state index contributed by atoms with van der Waals surface area (Å²) in [6, 6.07) is 12.6. The zero-order chi connectivity index (χ0) is 23.6. The Morgan fingerprint density at radius 3 is 2.55 bits per heavy atom. The van der Waals surface area contributed by atoms with Crippen molar-refractivity contribution in [2.45, 2.75) is 31.6 Å². The number of amides is 1. The van der Waals surface area contributed by atoms with Gasteiger partial charge >= 0.3 is 0 Å². The first-order valence-corrected chi connectivity index (χ1v) is 13.3. The first kappa shape index (κ1) is 23.4. The quantitative estimate of drug-likeness (QED) is 0.494. The number of rotatable bonds is 7. The van der Waals surface area contributed by atoms with Gasteiger partial charge in [0, 0.05) is 36.3 Å². The molecule has 0 spiro atoms. The fourth-order valence-electron chi connectivity index (χ4n) is 4.03. The molecule has 9 heteroatoms. The minimum absolute atomic E-state index is 0.175. The first-order chi connectivity index (χ1) is 15.9. The molecule has 0 unspecified atom stereocenters. The third-order valence-electron chi connectivity index (χ3n) is 5.82. The van der Waals surface area contributed by atoms with Crippen LogP contribution < -0.4 is 9.64 Å². The SMILES string of the molecule is CCN(CC)S(=O)(=O)c1ccc2c(c1)CCCN2C(=O)c1csc(-c2ccc(OC)cc2)n1. The molecule has 1 aliphatic rings. The molecule has 0 saturated heterocycles. The Bertz CT molecular complexity index is 1250. The highest BCUT2D eigenvalue weighted by atomic mass is 32.2. The number of benzene rings is 2. The lowest BCUT2D eigenvalue weighted by Gasteiger charge is -2.29. The molecular formula is C24H27N3O4S2. The molecule has 2 aromatic carbocycles. The summed E-state index contributed by atoms with van der Waals surface area (Å²) in [7, 11) is -1.93. The van der Waals surface area contributed by atoms with E-state index in [1.807, 2.05) is 38.1 Å². The van der Waals surface area contributed by atoms with Crippen LogP contribution in [0.4, 0.5) is 5.69 Å². The summed E-state index contributed by atoms with van der Waals surface area (Å²) in [6.07, 6.45) is 1.50. The Morgan fingerprint density at radius 1 is 1.15 bits per heavy atom. The molecule has 0 aliphatic carbocycles. The van der Waals surface area contributed by atoms with Crippen LogP contribution in [0.25, 0.3) is 10.6 Å². The normalized spacial score (nSPS) is 13.8. The number of sulfonamides is 1. The molecule has 1 aromatic heterocycles. The van der Waals surface area contributed by atoms with Crippen molar-refractivity contribution in [1.82, 2.24) is 9.29 Å². The molecule has 0 saturated carbocycles. The zero-order valence-electron chi connectivity index (χ0n) is 18.9. The Balaban J connectivity index is 1.60. The summed E-state index contributed by atoms with van der Waals surface area (Å²) >= 11 is 1.42. The van der Waals surface area contributed by atoms with Crippen LogP contribution in [0.3, 0.4) is 0 Å². The van der Waals surface area contributed by atoms with Crippen molar-refractivity contribution < 1.29 is 17.9 Å². The molecule has 2 heterocycles. The number of aromatic nitrogens is 1. The van der Waals surface area contributed by atoms with Crippen LogP contribution in [-0.2, 0) is 16.4 Å². The molecule has 7 nitrogen and oxygen atoms in total. The second kappa shape index (κ2) is 9.62. The fourth-order valence-corrected chi connectivity index (χ4v) is 6.34. The van der Waals surface area contributed by atoms with E-state index in [0.717, 1.165) is 40.4 Å². The molecule has 0 N–H and O–H groups in total. The predicted octanol–water partition coefficient (Wildman–Crippen LogP) is 4.44. The number of nitrogens with zero attached hydrogens (tertiary/aromatic N) is 3. The molecule has 4 rings (SSSR count). The number of aryl methyl sites for hydroxylation is 1. The van der Waals surface area contributed by atoms with E-state index < -0.39 is 10.0 Å². The molecule has 1 amide bonds. The van der Waals surface area contributed by atoms with Crippen molar-refractivity contribution in [1.29, 1.82) is 0 Å². The van der Waals surface area contributed by atoms with Gasteiger partial charge in [-0.05, 0) is 60.9 Å². The van der Waals surface area contributed by atoms with Gasteiger partial charge in [-0.3, -0.25) is 4.79 Å². The van der Waals surface area contributed by atoms with Gasteiger partial charge in [-0.25, -0.2) is 13.4 Å². The van der Waals surface area contributed by atoms with Gasteiger partial charge in [0.05, 0.1) is 12.0 Å². The lowest BCUT2D eigenvalue weighted by Crippen LogP contribution is -2.36. The van der Waals surface area contributed by atoms with Crippen LogP contribution in [0, 0.1) is 0 Å². The topological polar surface area (TPSA) is 79.8 Å². The zero-order valence-corrected chi connectivity index (χ0v) is 20.6. The van der Waals surface area contributed by atoms with E-state index in [9.17, 15) is 13.2 Å². The Kier molecular flexibility index (Phi) is 6.83. The largest absolute Gasteiger partial charge is 0.497 e. The second-order valence-corrected chi connectivity index (χ2v) is 10.5. The molecule has 0 bridgehead atoms. The van der Waals surface area contributed by atoms with E-state index in [4.69, 9.17) is 4.74 Å². The third-order valence-corrected chi connectivity index (χ3v) is 8.76. The maximum absolute atomic E-state index is 13.3. The van der Waals surface area contributed by atoms with Gasteiger partial charge in [-0.15, -0.1) is 11.3 Å². The van der Waals surface area contributed by atoms with Gasteiger partial charge in [0.1, 0.15) is 16.5 Å². The number of thiazole rings is 1. The molecule has 0 fully saturated rings. The smallest absolute Gasteiger partial charge is 0.277 e. The Hall–Kier alpha value is -2.75. The van der Waals surface area contributed by atoms with Crippen LogP contribution in [0.1, 0.15) is 36.3 Å². The molecular weight excluding hydrogens is 458 g/mol. The van der Waals surface area contributed by atoms with Crippen molar-refractivity contribution >= 4 is 33.0 Å². The van der Waals surface area contributed by atoms with Crippen LogP contribution in [0.5, 0.6) is 5.75 Å². The second-order valence-electron chi connectivity index (χ2n) is 7.71. The number of hydrogen-bond donors (Lipinski definition) is 0. The minimum Gasteiger partial charge on any atom is -0.497 e.